The lowest BCUT2D eigenvalue weighted by atomic mass is 10.1. The number of carbonyl (C=O) groups is 1. The van der Waals surface area contributed by atoms with Gasteiger partial charge in [-0.3, -0.25) is 9.69 Å². The molecule has 9 heteroatoms. The molecule has 0 aromatic rings. The van der Waals surface area contributed by atoms with E-state index in [1.54, 1.807) is 4.90 Å². The van der Waals surface area contributed by atoms with Gasteiger partial charge in [0, 0.05) is 39.3 Å². The van der Waals surface area contributed by atoms with Gasteiger partial charge in [-0.25, -0.2) is 5.14 Å². The molecule has 0 bridgehead atoms. The second kappa shape index (κ2) is 7.89. The number of nitrogens with zero attached hydrogens (tertiary/aromatic N) is 3. The van der Waals surface area contributed by atoms with E-state index >= 15 is 0 Å². The molecule has 0 aromatic carbocycles. The van der Waals surface area contributed by atoms with Gasteiger partial charge in [-0.1, -0.05) is 13.8 Å². The summed E-state index contributed by atoms with van der Waals surface area (Å²) in [6.07, 6.45) is 1.86. The fourth-order valence-corrected chi connectivity index (χ4v) is 3.91. The first-order chi connectivity index (χ1) is 10.9. The highest BCUT2D eigenvalue weighted by Gasteiger charge is 2.34. The van der Waals surface area contributed by atoms with E-state index in [0.29, 0.717) is 19.7 Å². The fourth-order valence-electron chi connectivity index (χ4n) is 3.23. The van der Waals surface area contributed by atoms with E-state index in [0.717, 1.165) is 25.9 Å². The van der Waals surface area contributed by atoms with Crippen molar-refractivity contribution in [3.8, 4) is 0 Å². The molecule has 2 saturated heterocycles. The van der Waals surface area contributed by atoms with Crippen LogP contribution < -0.4 is 5.14 Å². The van der Waals surface area contributed by atoms with Crippen molar-refractivity contribution < 1.29 is 17.9 Å². The van der Waals surface area contributed by atoms with Crippen LogP contribution in [-0.4, -0.2) is 86.5 Å². The summed E-state index contributed by atoms with van der Waals surface area (Å²) < 4.78 is 29.6. The van der Waals surface area contributed by atoms with E-state index in [2.05, 4.69) is 11.8 Å². The summed E-state index contributed by atoms with van der Waals surface area (Å²) in [4.78, 5) is 16.8. The zero-order valence-corrected chi connectivity index (χ0v) is 14.8. The van der Waals surface area contributed by atoms with Crippen LogP contribution in [0.4, 0.5) is 0 Å². The van der Waals surface area contributed by atoms with E-state index in [9.17, 15) is 13.2 Å². The molecule has 8 nitrogen and oxygen atoms in total. The maximum Gasteiger partial charge on any atom is 0.277 e. The molecule has 0 radical (unpaired) electrons. The minimum Gasteiger partial charge on any atom is -0.376 e. The molecule has 0 aromatic heterocycles. The minimum atomic E-state index is -3.66. The Kier molecular flexibility index (Phi) is 6.38. The Morgan fingerprint density at radius 1 is 1.22 bits per heavy atom. The molecule has 2 heterocycles. The molecule has 1 amide bonds. The van der Waals surface area contributed by atoms with Crippen LogP contribution >= 0.6 is 0 Å². The predicted octanol–water partition coefficient (Wildman–Crippen LogP) is -0.776. The topological polar surface area (TPSA) is 96.2 Å². The summed E-state index contributed by atoms with van der Waals surface area (Å²) in [5, 5.41) is 5.14. The molecule has 2 aliphatic heterocycles. The highest BCUT2D eigenvalue weighted by Crippen LogP contribution is 2.17. The number of amides is 1. The van der Waals surface area contributed by atoms with Gasteiger partial charge in [0.25, 0.3) is 10.2 Å². The van der Waals surface area contributed by atoms with Gasteiger partial charge in [0.15, 0.2) is 0 Å². The lowest BCUT2D eigenvalue weighted by molar-refractivity contribution is -0.141. The van der Waals surface area contributed by atoms with Crippen LogP contribution in [0.3, 0.4) is 0 Å². The van der Waals surface area contributed by atoms with Gasteiger partial charge in [-0.2, -0.15) is 12.7 Å². The number of hydrogen-bond acceptors (Lipinski definition) is 5. The van der Waals surface area contributed by atoms with E-state index in [1.807, 2.05) is 6.92 Å². The van der Waals surface area contributed by atoms with Crippen LogP contribution in [0.15, 0.2) is 0 Å². The molecule has 23 heavy (non-hydrogen) atoms. The number of rotatable bonds is 5. The van der Waals surface area contributed by atoms with Crippen molar-refractivity contribution >= 4 is 16.1 Å². The van der Waals surface area contributed by atoms with Crippen molar-refractivity contribution in [2.24, 2.45) is 5.14 Å². The van der Waals surface area contributed by atoms with Crippen molar-refractivity contribution in [3.05, 3.63) is 0 Å². The summed E-state index contributed by atoms with van der Waals surface area (Å²) in [5.41, 5.74) is 0. The summed E-state index contributed by atoms with van der Waals surface area (Å²) in [5.74, 6) is 0.0818. The monoisotopic (exact) mass is 348 g/mol. The van der Waals surface area contributed by atoms with Crippen molar-refractivity contribution in [1.29, 1.82) is 0 Å². The van der Waals surface area contributed by atoms with Gasteiger partial charge in [-0.05, 0) is 12.8 Å². The Morgan fingerprint density at radius 3 is 2.39 bits per heavy atom. The first-order valence-electron chi connectivity index (χ1n) is 8.29. The summed E-state index contributed by atoms with van der Waals surface area (Å²) in [7, 11) is -3.66. The van der Waals surface area contributed by atoms with Crippen molar-refractivity contribution in [3.63, 3.8) is 0 Å². The molecule has 134 valence electrons. The first kappa shape index (κ1) is 18.6. The zero-order chi connectivity index (χ0) is 17.0. The molecule has 0 spiro atoms. The Hall–Kier alpha value is -0.740. The molecule has 2 aliphatic rings. The van der Waals surface area contributed by atoms with Crippen LogP contribution in [-0.2, 0) is 19.7 Å². The third-order valence-electron chi connectivity index (χ3n) is 4.65. The van der Waals surface area contributed by atoms with Gasteiger partial charge in [0.1, 0.15) is 0 Å². The molecular weight excluding hydrogens is 320 g/mol. The standard InChI is InChI=1S/C14H28N4O4S/c1-3-12-11-17(9-10-22-12)13(4-2)14(19)16-5-7-18(8-6-16)23(15,20)21/h12-13H,3-11H2,1-2H3,(H2,15,20,21)/t12-,13-/m1/s1. The van der Waals surface area contributed by atoms with Gasteiger partial charge in [0.05, 0.1) is 18.8 Å². The Bertz CT molecular complexity index is 505. The molecule has 0 unspecified atom stereocenters. The van der Waals surface area contributed by atoms with Crippen LogP contribution in [0, 0.1) is 0 Å². The summed E-state index contributed by atoms with van der Waals surface area (Å²) >= 11 is 0. The lowest BCUT2D eigenvalue weighted by Crippen LogP contribution is -2.58. The number of ether oxygens (including phenoxy) is 1. The number of hydrogen-bond donors (Lipinski definition) is 1. The minimum absolute atomic E-state index is 0.0818. The van der Waals surface area contributed by atoms with Crippen LogP contribution in [0.2, 0.25) is 0 Å². The van der Waals surface area contributed by atoms with Gasteiger partial charge in [0.2, 0.25) is 5.91 Å². The van der Waals surface area contributed by atoms with Crippen molar-refractivity contribution in [1.82, 2.24) is 14.1 Å². The lowest BCUT2D eigenvalue weighted by Gasteiger charge is -2.40. The molecule has 0 saturated carbocycles. The van der Waals surface area contributed by atoms with E-state index in [4.69, 9.17) is 9.88 Å². The third kappa shape index (κ3) is 4.63. The smallest absolute Gasteiger partial charge is 0.277 e. The van der Waals surface area contributed by atoms with E-state index < -0.39 is 10.2 Å². The molecular formula is C14H28N4O4S. The molecule has 2 rings (SSSR count). The fraction of sp³-hybridized carbons (Fsp3) is 0.929. The number of morpholine rings is 1. The SMILES string of the molecule is CC[C@@H]1CN([C@H](CC)C(=O)N2CCN(S(N)(=O)=O)CC2)CCO1. The molecule has 2 fully saturated rings. The second-order valence-electron chi connectivity index (χ2n) is 6.09. The number of nitrogens with two attached hydrogens (primary N) is 1. The van der Waals surface area contributed by atoms with E-state index in [1.165, 1.54) is 4.31 Å². The normalized spacial score (nSPS) is 26.2. The van der Waals surface area contributed by atoms with Crippen molar-refractivity contribution in [2.75, 3.05) is 45.9 Å². The third-order valence-corrected chi connectivity index (χ3v) is 5.73. The zero-order valence-electron chi connectivity index (χ0n) is 14.0. The highest BCUT2D eigenvalue weighted by atomic mass is 32.2. The number of piperazine rings is 1. The van der Waals surface area contributed by atoms with Crippen LogP contribution in [0.25, 0.3) is 0 Å². The maximum absolute atomic E-state index is 12.8. The Morgan fingerprint density at radius 2 is 1.87 bits per heavy atom. The second-order valence-corrected chi connectivity index (χ2v) is 7.64. The molecule has 2 atom stereocenters. The van der Waals surface area contributed by atoms with Gasteiger partial charge < -0.3 is 9.64 Å². The maximum atomic E-state index is 12.8. The largest absolute Gasteiger partial charge is 0.376 e. The molecule has 0 aliphatic carbocycles. The first-order valence-corrected chi connectivity index (χ1v) is 9.79. The van der Waals surface area contributed by atoms with E-state index in [-0.39, 0.29) is 31.1 Å². The Balaban J connectivity index is 1.95. The Labute approximate surface area is 138 Å². The van der Waals surface area contributed by atoms with Crippen LogP contribution in [0.1, 0.15) is 26.7 Å². The van der Waals surface area contributed by atoms with Crippen LogP contribution in [0.5, 0.6) is 0 Å². The van der Waals surface area contributed by atoms with Gasteiger partial charge in [-0.15, -0.1) is 0 Å². The average molecular weight is 348 g/mol. The predicted molar refractivity (Wildman–Crippen MR) is 86.9 cm³/mol. The average Bonchev–Trinajstić information content (AvgIpc) is 2.55. The summed E-state index contributed by atoms with van der Waals surface area (Å²) in [6, 6.07) is -0.158. The van der Waals surface area contributed by atoms with Gasteiger partial charge >= 0.3 is 0 Å². The summed E-state index contributed by atoms with van der Waals surface area (Å²) in [6.45, 7) is 7.62. The highest BCUT2D eigenvalue weighted by molar-refractivity contribution is 7.86. The van der Waals surface area contributed by atoms with Crippen molar-refractivity contribution in [2.45, 2.75) is 38.8 Å². The number of carbonyl (C=O) groups excluding carboxylic acids is 1. The molecule has 2 N–H and O–H groups in total. The quantitative estimate of drug-likeness (QED) is 0.703.